The van der Waals surface area contributed by atoms with Crippen molar-refractivity contribution in [1.29, 1.82) is 0 Å². The Morgan fingerprint density at radius 2 is 2.26 bits per heavy atom. The fourth-order valence-electron chi connectivity index (χ4n) is 2.52. The van der Waals surface area contributed by atoms with Crippen LogP contribution < -0.4 is 5.56 Å². The maximum atomic E-state index is 12.2. The predicted octanol–water partition coefficient (Wildman–Crippen LogP) is 1.45. The van der Waals surface area contributed by atoms with Crippen LogP contribution in [0.3, 0.4) is 0 Å². The van der Waals surface area contributed by atoms with E-state index in [1.54, 1.807) is 22.9 Å². The first-order chi connectivity index (χ1) is 11.2. The lowest BCUT2D eigenvalue weighted by molar-refractivity contribution is 0.183. The topological polar surface area (TPSA) is 70.7 Å². The molecule has 6 nitrogen and oxygen atoms in total. The normalized spacial score (nSPS) is 11.4. The Balaban J connectivity index is 1.84. The van der Waals surface area contributed by atoms with Gasteiger partial charge in [0.25, 0.3) is 5.56 Å². The Morgan fingerprint density at radius 1 is 1.39 bits per heavy atom. The molecule has 3 aromatic heterocycles. The third-order valence-corrected chi connectivity index (χ3v) is 4.50. The van der Waals surface area contributed by atoms with E-state index < -0.39 is 0 Å². The van der Waals surface area contributed by atoms with Gasteiger partial charge in [-0.25, -0.2) is 4.98 Å². The number of aliphatic hydroxyl groups excluding tert-OH is 1. The van der Waals surface area contributed by atoms with Crippen molar-refractivity contribution in [2.24, 2.45) is 0 Å². The molecule has 3 heterocycles. The van der Waals surface area contributed by atoms with Crippen molar-refractivity contribution >= 4 is 16.3 Å². The van der Waals surface area contributed by atoms with E-state index in [-0.39, 0.29) is 12.2 Å². The second kappa shape index (κ2) is 6.99. The fraction of sp³-hybridized carbons (Fsp3) is 0.312. The molecule has 0 unspecified atom stereocenters. The second-order valence-corrected chi connectivity index (χ2v) is 6.21. The van der Waals surface area contributed by atoms with E-state index in [2.05, 4.69) is 14.9 Å². The summed E-state index contributed by atoms with van der Waals surface area (Å²) >= 11 is 1.46. The van der Waals surface area contributed by atoms with Crippen molar-refractivity contribution < 1.29 is 5.11 Å². The largest absolute Gasteiger partial charge is 0.395 e. The number of rotatable bonds is 6. The maximum absolute atomic E-state index is 12.2. The van der Waals surface area contributed by atoms with Gasteiger partial charge in [-0.2, -0.15) is 0 Å². The van der Waals surface area contributed by atoms with Crippen LogP contribution in [0.5, 0.6) is 0 Å². The number of nitrogens with zero attached hydrogens (tertiary/aromatic N) is 4. The summed E-state index contributed by atoms with van der Waals surface area (Å²) < 4.78 is 1.62. The number of aryl methyl sites for hydroxylation is 1. The Labute approximate surface area is 137 Å². The summed E-state index contributed by atoms with van der Waals surface area (Å²) in [7, 11) is 0. The van der Waals surface area contributed by atoms with Crippen LogP contribution in [0.4, 0.5) is 0 Å². The van der Waals surface area contributed by atoms with Gasteiger partial charge in [0, 0.05) is 49.2 Å². The van der Waals surface area contributed by atoms with Gasteiger partial charge in [0.2, 0.25) is 0 Å². The summed E-state index contributed by atoms with van der Waals surface area (Å²) in [6.45, 7) is 3.63. The summed E-state index contributed by atoms with van der Waals surface area (Å²) in [5.41, 5.74) is 2.62. The van der Waals surface area contributed by atoms with E-state index in [0.717, 1.165) is 11.3 Å². The monoisotopic (exact) mass is 330 g/mol. The number of hydrogen-bond donors (Lipinski definition) is 1. The average Bonchev–Trinajstić information content (AvgIpc) is 2.90. The average molecular weight is 330 g/mol. The Bertz CT molecular complexity index is 844. The van der Waals surface area contributed by atoms with Gasteiger partial charge in [-0.05, 0) is 18.6 Å². The van der Waals surface area contributed by atoms with Crippen LogP contribution in [0, 0.1) is 6.92 Å². The zero-order valence-electron chi connectivity index (χ0n) is 12.8. The molecule has 0 aliphatic rings. The van der Waals surface area contributed by atoms with Crippen LogP contribution in [-0.2, 0) is 13.1 Å². The Hall–Kier alpha value is -2.09. The molecule has 0 saturated heterocycles. The van der Waals surface area contributed by atoms with Gasteiger partial charge in [-0.15, -0.1) is 11.3 Å². The van der Waals surface area contributed by atoms with Crippen molar-refractivity contribution in [2.75, 3.05) is 13.2 Å². The number of pyridine rings is 1. The molecule has 0 spiro atoms. The van der Waals surface area contributed by atoms with Crippen molar-refractivity contribution in [1.82, 2.24) is 19.3 Å². The van der Waals surface area contributed by atoms with Gasteiger partial charge in [0.15, 0.2) is 4.96 Å². The number of fused-ring (bicyclic) bond motifs is 1. The number of thiazole rings is 1. The molecular weight excluding hydrogens is 312 g/mol. The first-order valence-electron chi connectivity index (χ1n) is 7.36. The van der Waals surface area contributed by atoms with E-state index in [1.807, 2.05) is 24.4 Å². The summed E-state index contributed by atoms with van der Waals surface area (Å²) in [6, 6.07) is 5.45. The van der Waals surface area contributed by atoms with E-state index in [4.69, 9.17) is 0 Å². The molecule has 1 N–H and O–H groups in total. The lowest BCUT2D eigenvalue weighted by Crippen LogP contribution is -2.27. The highest BCUT2D eigenvalue weighted by Crippen LogP contribution is 2.13. The van der Waals surface area contributed by atoms with Crippen molar-refractivity contribution in [3.05, 3.63) is 63.3 Å². The standard InChI is InChI=1S/C16H18N4O2S/c1-12-11-23-16-18-14(7-15(22)20(12)16)10-19(5-6-21)9-13-3-2-4-17-8-13/h2-4,7-8,11,21H,5-6,9-10H2,1H3. The molecule has 0 aliphatic heterocycles. The molecule has 0 aromatic carbocycles. The fourth-order valence-corrected chi connectivity index (χ4v) is 3.41. The zero-order valence-corrected chi connectivity index (χ0v) is 13.7. The molecule has 0 atom stereocenters. The van der Waals surface area contributed by atoms with Gasteiger partial charge in [0.05, 0.1) is 12.3 Å². The second-order valence-electron chi connectivity index (χ2n) is 5.38. The van der Waals surface area contributed by atoms with E-state index in [0.29, 0.717) is 30.3 Å². The molecule has 0 bridgehead atoms. The van der Waals surface area contributed by atoms with E-state index >= 15 is 0 Å². The molecule has 0 aliphatic carbocycles. The predicted molar refractivity (Wildman–Crippen MR) is 89.5 cm³/mol. The molecule has 23 heavy (non-hydrogen) atoms. The summed E-state index contributed by atoms with van der Waals surface area (Å²) in [5, 5.41) is 11.2. The third-order valence-electron chi connectivity index (χ3n) is 3.56. The minimum Gasteiger partial charge on any atom is -0.395 e. The van der Waals surface area contributed by atoms with Gasteiger partial charge in [-0.1, -0.05) is 6.07 Å². The van der Waals surface area contributed by atoms with E-state index in [9.17, 15) is 9.90 Å². The maximum Gasteiger partial charge on any atom is 0.259 e. The van der Waals surface area contributed by atoms with Crippen LogP contribution in [0.25, 0.3) is 4.96 Å². The van der Waals surface area contributed by atoms with Gasteiger partial charge in [-0.3, -0.25) is 19.1 Å². The van der Waals surface area contributed by atoms with Crippen LogP contribution in [0.15, 0.2) is 40.8 Å². The number of aromatic nitrogens is 3. The lowest BCUT2D eigenvalue weighted by atomic mass is 10.2. The molecule has 3 rings (SSSR count). The SMILES string of the molecule is Cc1csc2nc(CN(CCO)Cc3cccnc3)cc(=O)n12. The van der Waals surface area contributed by atoms with Gasteiger partial charge < -0.3 is 5.11 Å². The highest BCUT2D eigenvalue weighted by atomic mass is 32.1. The minimum atomic E-state index is -0.0610. The molecule has 0 radical (unpaired) electrons. The van der Waals surface area contributed by atoms with Crippen LogP contribution in [0.1, 0.15) is 17.0 Å². The Morgan fingerprint density at radius 3 is 3.00 bits per heavy atom. The summed E-state index contributed by atoms with van der Waals surface area (Å²) in [5.74, 6) is 0. The van der Waals surface area contributed by atoms with Gasteiger partial charge >= 0.3 is 0 Å². The molecule has 3 aromatic rings. The molecule has 0 saturated carbocycles. The van der Waals surface area contributed by atoms with Crippen molar-refractivity contribution in [2.45, 2.75) is 20.0 Å². The van der Waals surface area contributed by atoms with Crippen LogP contribution >= 0.6 is 11.3 Å². The zero-order chi connectivity index (χ0) is 16.2. The third kappa shape index (κ3) is 3.64. The van der Waals surface area contributed by atoms with Gasteiger partial charge in [0.1, 0.15) is 0 Å². The highest BCUT2D eigenvalue weighted by Gasteiger charge is 2.11. The highest BCUT2D eigenvalue weighted by molar-refractivity contribution is 7.15. The first-order valence-corrected chi connectivity index (χ1v) is 8.24. The van der Waals surface area contributed by atoms with Crippen molar-refractivity contribution in [3.63, 3.8) is 0 Å². The minimum absolute atomic E-state index is 0.0552. The molecule has 7 heteroatoms. The number of hydrogen-bond acceptors (Lipinski definition) is 6. The quantitative estimate of drug-likeness (QED) is 0.741. The molecule has 120 valence electrons. The Kier molecular flexibility index (Phi) is 4.80. The van der Waals surface area contributed by atoms with Crippen LogP contribution in [-0.4, -0.2) is 37.5 Å². The van der Waals surface area contributed by atoms with Crippen LogP contribution in [0.2, 0.25) is 0 Å². The number of aliphatic hydroxyl groups is 1. The smallest absolute Gasteiger partial charge is 0.259 e. The summed E-state index contributed by atoms with van der Waals surface area (Å²) in [4.78, 5) is 23.7. The lowest BCUT2D eigenvalue weighted by Gasteiger charge is -2.20. The molecular formula is C16H18N4O2S. The van der Waals surface area contributed by atoms with Crippen molar-refractivity contribution in [3.8, 4) is 0 Å². The first kappa shape index (κ1) is 15.8. The van der Waals surface area contributed by atoms with E-state index in [1.165, 1.54) is 11.3 Å². The molecule has 0 amide bonds. The summed E-state index contributed by atoms with van der Waals surface area (Å²) in [6.07, 6.45) is 3.54. The molecule has 0 fully saturated rings.